The molecule has 0 aromatic heterocycles. The fraction of sp³-hybridized carbons (Fsp3) is 0.316. The highest BCUT2D eigenvalue weighted by molar-refractivity contribution is 5.78. The molecule has 2 unspecified atom stereocenters. The molecule has 2 aromatic rings. The van der Waals surface area contributed by atoms with Crippen LogP contribution in [-0.2, 0) is 4.79 Å². The summed E-state index contributed by atoms with van der Waals surface area (Å²) in [5.74, 6) is -0.251. The third kappa shape index (κ3) is 3.14. The minimum Gasteiger partial charge on any atom is -0.365 e. The Morgan fingerprint density at radius 1 is 1.13 bits per heavy atom. The van der Waals surface area contributed by atoms with Crippen molar-refractivity contribution in [3.05, 3.63) is 66.2 Å². The largest absolute Gasteiger partial charge is 0.365 e. The highest BCUT2D eigenvalue weighted by atomic mass is 16.1. The summed E-state index contributed by atoms with van der Waals surface area (Å²) in [5.41, 5.74) is 8.07. The summed E-state index contributed by atoms with van der Waals surface area (Å²) in [4.78, 5) is 14.2. The Morgan fingerprint density at radius 2 is 1.74 bits per heavy atom. The molecule has 3 rings (SSSR count). The summed E-state index contributed by atoms with van der Waals surface area (Å²) in [7, 11) is 2.14. The molecule has 1 saturated heterocycles. The van der Waals surface area contributed by atoms with Gasteiger partial charge in [0.15, 0.2) is 6.54 Å². The lowest BCUT2D eigenvalue weighted by molar-refractivity contribution is -0.120. The molecule has 1 aliphatic heterocycles. The van der Waals surface area contributed by atoms with Gasteiger partial charge in [0.1, 0.15) is 11.7 Å². The van der Waals surface area contributed by atoms with Crippen molar-refractivity contribution in [3.8, 4) is 0 Å². The SMILES string of the molecule is CN1CC[N+](CC(N)=O)(c2ccccc2)C(c2ccccc2)C1. The molecule has 4 nitrogen and oxygen atoms in total. The van der Waals surface area contributed by atoms with Crippen molar-refractivity contribution in [1.29, 1.82) is 0 Å². The number of carbonyl (C=O) groups excluding carboxylic acids is 1. The standard InChI is InChI=1S/C19H23N3O/c1-21-12-13-22(15-19(20)23,17-10-6-3-7-11-17)18(14-21)16-8-4-2-5-9-16/h2-11,18H,12-15H2,1H3,(H-,20,23)/p+1. The zero-order valence-electron chi connectivity index (χ0n) is 13.6. The molecule has 0 radical (unpaired) electrons. The zero-order chi connectivity index (χ0) is 16.3. The lowest BCUT2D eigenvalue weighted by atomic mass is 9.97. The predicted octanol–water partition coefficient (Wildman–Crippen LogP) is 2.17. The highest BCUT2D eigenvalue weighted by Crippen LogP contribution is 2.38. The molecule has 1 aliphatic rings. The number of piperazine rings is 1. The second kappa shape index (κ2) is 6.52. The molecule has 0 saturated carbocycles. The molecular formula is C19H24N3O+. The van der Waals surface area contributed by atoms with Gasteiger partial charge in [-0.3, -0.25) is 14.2 Å². The van der Waals surface area contributed by atoms with E-state index in [-0.39, 0.29) is 11.9 Å². The Kier molecular flexibility index (Phi) is 4.46. The van der Waals surface area contributed by atoms with Gasteiger partial charge in [-0.15, -0.1) is 0 Å². The number of nitrogens with zero attached hydrogens (tertiary/aromatic N) is 2. The second-order valence-electron chi connectivity index (χ2n) is 6.41. The van der Waals surface area contributed by atoms with Crippen LogP contribution in [0, 0.1) is 0 Å². The summed E-state index contributed by atoms with van der Waals surface area (Å²) in [6.45, 7) is 3.07. The van der Waals surface area contributed by atoms with Gasteiger partial charge in [-0.1, -0.05) is 48.5 Å². The monoisotopic (exact) mass is 310 g/mol. The van der Waals surface area contributed by atoms with E-state index in [4.69, 9.17) is 5.73 Å². The van der Waals surface area contributed by atoms with Gasteiger partial charge in [0.2, 0.25) is 0 Å². The second-order valence-corrected chi connectivity index (χ2v) is 6.41. The van der Waals surface area contributed by atoms with Crippen LogP contribution in [0.5, 0.6) is 0 Å². The molecule has 120 valence electrons. The minimum absolute atomic E-state index is 0.199. The zero-order valence-corrected chi connectivity index (χ0v) is 13.6. The number of hydrogen-bond acceptors (Lipinski definition) is 2. The van der Waals surface area contributed by atoms with Crippen molar-refractivity contribution in [3.63, 3.8) is 0 Å². The van der Waals surface area contributed by atoms with Gasteiger partial charge in [0, 0.05) is 12.1 Å². The predicted molar refractivity (Wildman–Crippen MR) is 93.8 cm³/mol. The smallest absolute Gasteiger partial charge is 0.273 e. The Bertz CT molecular complexity index is 659. The third-order valence-electron chi connectivity index (χ3n) is 4.85. The lowest BCUT2D eigenvalue weighted by Gasteiger charge is -2.49. The van der Waals surface area contributed by atoms with Gasteiger partial charge in [-0.05, 0) is 19.2 Å². The van der Waals surface area contributed by atoms with Gasteiger partial charge < -0.3 is 5.73 Å². The number of amides is 1. The Labute approximate surface area is 137 Å². The summed E-state index contributed by atoms with van der Waals surface area (Å²) < 4.78 is 0.602. The lowest BCUT2D eigenvalue weighted by Crippen LogP contribution is -2.64. The summed E-state index contributed by atoms with van der Waals surface area (Å²) >= 11 is 0. The number of quaternary nitrogens is 1. The molecule has 1 fully saturated rings. The van der Waals surface area contributed by atoms with E-state index in [0.717, 1.165) is 25.3 Å². The van der Waals surface area contributed by atoms with Crippen molar-refractivity contribution in [2.75, 3.05) is 33.2 Å². The number of carbonyl (C=O) groups is 1. The number of nitrogens with two attached hydrogens (primary N) is 1. The molecular weight excluding hydrogens is 286 g/mol. The first kappa shape index (κ1) is 15.7. The number of rotatable bonds is 4. The molecule has 0 bridgehead atoms. The maximum atomic E-state index is 11.9. The molecule has 2 aromatic carbocycles. The summed E-state index contributed by atoms with van der Waals surface area (Å²) in [6.07, 6.45) is 0. The van der Waals surface area contributed by atoms with E-state index in [1.165, 1.54) is 5.56 Å². The number of likely N-dealkylation sites (N-methyl/N-ethyl adjacent to an activating group) is 1. The van der Waals surface area contributed by atoms with Crippen LogP contribution in [0.1, 0.15) is 11.6 Å². The molecule has 23 heavy (non-hydrogen) atoms. The molecule has 0 aliphatic carbocycles. The van der Waals surface area contributed by atoms with Crippen LogP contribution in [-0.4, -0.2) is 44.0 Å². The van der Waals surface area contributed by atoms with Gasteiger partial charge >= 0.3 is 0 Å². The fourth-order valence-corrected chi connectivity index (χ4v) is 3.71. The number of primary amides is 1. The van der Waals surface area contributed by atoms with E-state index < -0.39 is 0 Å². The van der Waals surface area contributed by atoms with Crippen LogP contribution < -0.4 is 10.2 Å². The maximum absolute atomic E-state index is 11.9. The average Bonchev–Trinajstić information content (AvgIpc) is 2.58. The average molecular weight is 310 g/mol. The van der Waals surface area contributed by atoms with Crippen molar-refractivity contribution in [2.24, 2.45) is 5.73 Å². The minimum atomic E-state index is -0.251. The Balaban J connectivity index is 2.12. The number of hydrogen-bond donors (Lipinski definition) is 1. The van der Waals surface area contributed by atoms with Crippen LogP contribution in [0.2, 0.25) is 0 Å². The van der Waals surface area contributed by atoms with Gasteiger partial charge in [0.25, 0.3) is 5.91 Å². The first-order chi connectivity index (χ1) is 11.1. The third-order valence-corrected chi connectivity index (χ3v) is 4.85. The topological polar surface area (TPSA) is 46.3 Å². The van der Waals surface area contributed by atoms with Crippen LogP contribution in [0.15, 0.2) is 60.7 Å². The molecule has 1 heterocycles. The van der Waals surface area contributed by atoms with Gasteiger partial charge in [-0.25, -0.2) is 0 Å². The highest BCUT2D eigenvalue weighted by Gasteiger charge is 2.44. The van der Waals surface area contributed by atoms with E-state index in [0.29, 0.717) is 11.0 Å². The Morgan fingerprint density at radius 3 is 2.35 bits per heavy atom. The Hall–Kier alpha value is -2.17. The molecule has 4 heteroatoms. The summed E-state index contributed by atoms with van der Waals surface area (Å²) in [5, 5.41) is 0. The van der Waals surface area contributed by atoms with Crippen LogP contribution in [0.3, 0.4) is 0 Å². The first-order valence-corrected chi connectivity index (χ1v) is 8.06. The van der Waals surface area contributed by atoms with Crippen LogP contribution in [0.25, 0.3) is 0 Å². The molecule has 1 amide bonds. The first-order valence-electron chi connectivity index (χ1n) is 8.06. The van der Waals surface area contributed by atoms with E-state index in [1.807, 2.05) is 24.3 Å². The van der Waals surface area contributed by atoms with E-state index >= 15 is 0 Å². The molecule has 2 atom stereocenters. The number of benzene rings is 2. The fourth-order valence-electron chi connectivity index (χ4n) is 3.71. The normalized spacial score (nSPS) is 25.2. The van der Waals surface area contributed by atoms with Crippen molar-refractivity contribution >= 4 is 11.6 Å². The van der Waals surface area contributed by atoms with Gasteiger partial charge in [0.05, 0.1) is 13.1 Å². The van der Waals surface area contributed by atoms with Crippen LogP contribution in [0.4, 0.5) is 5.69 Å². The maximum Gasteiger partial charge on any atom is 0.273 e. The van der Waals surface area contributed by atoms with Crippen molar-refractivity contribution in [2.45, 2.75) is 6.04 Å². The summed E-state index contributed by atoms with van der Waals surface area (Å²) in [6, 6.07) is 21.0. The van der Waals surface area contributed by atoms with Crippen molar-refractivity contribution in [1.82, 2.24) is 9.38 Å². The molecule has 0 spiro atoms. The van der Waals surface area contributed by atoms with Gasteiger partial charge in [-0.2, -0.15) is 0 Å². The van der Waals surface area contributed by atoms with E-state index in [1.54, 1.807) is 0 Å². The number of para-hydroxylation sites is 1. The van der Waals surface area contributed by atoms with Crippen molar-refractivity contribution < 1.29 is 4.79 Å². The quantitative estimate of drug-likeness (QED) is 0.880. The van der Waals surface area contributed by atoms with E-state index in [2.05, 4.69) is 48.3 Å². The van der Waals surface area contributed by atoms with E-state index in [9.17, 15) is 4.79 Å². The molecule has 2 N–H and O–H groups in total. The van der Waals surface area contributed by atoms with Crippen LogP contribution >= 0.6 is 0 Å².